The summed E-state index contributed by atoms with van der Waals surface area (Å²) in [6.45, 7) is 0.446. The van der Waals surface area contributed by atoms with Crippen LogP contribution in [0.25, 0.3) is 0 Å². The third-order valence-electron chi connectivity index (χ3n) is 2.56. The largest absolute Gasteiger partial charge is 0.508 e. The lowest BCUT2D eigenvalue weighted by Crippen LogP contribution is -2.37. The van der Waals surface area contributed by atoms with Crippen LogP contribution in [-0.2, 0) is 16.0 Å². The molecule has 0 aromatic heterocycles. The van der Waals surface area contributed by atoms with Crippen molar-refractivity contribution in [3.05, 3.63) is 29.8 Å². The molecule has 0 saturated heterocycles. The minimum atomic E-state index is -0.677. The summed E-state index contributed by atoms with van der Waals surface area (Å²) in [6, 6.07) is 6.49. The van der Waals surface area contributed by atoms with Gasteiger partial charge in [0.15, 0.2) is 0 Å². The van der Waals surface area contributed by atoms with E-state index in [1.807, 2.05) is 0 Å². The highest BCUT2D eigenvalue weighted by Gasteiger charge is 2.13. The minimum absolute atomic E-state index is 0.0872. The number of benzene rings is 1. The van der Waals surface area contributed by atoms with Crippen LogP contribution in [0.3, 0.4) is 0 Å². The average Bonchev–Trinajstić information content (AvgIpc) is 2.32. The van der Waals surface area contributed by atoms with Crippen LogP contribution in [0.15, 0.2) is 24.3 Å². The summed E-state index contributed by atoms with van der Waals surface area (Å²) in [5, 5.41) is 18.7. The third-order valence-corrected chi connectivity index (χ3v) is 2.56. The fraction of sp³-hybridized carbons (Fsp3) is 0.462. The Kier molecular flexibility index (Phi) is 5.61. The zero-order valence-corrected chi connectivity index (χ0v) is 10.7. The van der Waals surface area contributed by atoms with Gasteiger partial charge in [-0.1, -0.05) is 12.1 Å². The highest BCUT2D eigenvalue weighted by atomic mass is 16.5. The van der Waals surface area contributed by atoms with Gasteiger partial charge in [0.05, 0.1) is 19.1 Å². The van der Waals surface area contributed by atoms with Gasteiger partial charge >= 0.3 is 0 Å². The highest BCUT2D eigenvalue weighted by molar-refractivity contribution is 5.78. The summed E-state index contributed by atoms with van der Waals surface area (Å²) in [5.41, 5.74) is 0.825. The molecule has 0 aliphatic heterocycles. The number of likely N-dealkylation sites (N-methyl/N-ethyl adjacent to an activating group) is 1. The number of aliphatic hydroxyl groups excluding tert-OH is 1. The van der Waals surface area contributed by atoms with Crippen molar-refractivity contribution in [3.63, 3.8) is 0 Å². The van der Waals surface area contributed by atoms with E-state index in [0.29, 0.717) is 0 Å². The summed E-state index contributed by atoms with van der Waals surface area (Å²) in [7, 11) is 3.14. The molecule has 1 aromatic rings. The van der Waals surface area contributed by atoms with Gasteiger partial charge in [-0.25, -0.2) is 0 Å². The number of hydrogen-bond donors (Lipinski definition) is 2. The van der Waals surface area contributed by atoms with E-state index in [2.05, 4.69) is 0 Å². The average molecular weight is 253 g/mol. The van der Waals surface area contributed by atoms with Crippen molar-refractivity contribution >= 4 is 5.91 Å². The maximum Gasteiger partial charge on any atom is 0.226 e. The first-order valence-electron chi connectivity index (χ1n) is 5.71. The van der Waals surface area contributed by atoms with Crippen molar-refractivity contribution in [1.29, 1.82) is 0 Å². The summed E-state index contributed by atoms with van der Waals surface area (Å²) in [5.74, 6) is 0.0888. The Hall–Kier alpha value is -1.59. The molecule has 0 radical (unpaired) electrons. The number of phenols is 1. The van der Waals surface area contributed by atoms with Crippen molar-refractivity contribution in [2.24, 2.45) is 0 Å². The molecule has 0 heterocycles. The second kappa shape index (κ2) is 6.98. The van der Waals surface area contributed by atoms with Crippen molar-refractivity contribution < 1.29 is 19.7 Å². The first-order valence-corrected chi connectivity index (χ1v) is 5.71. The van der Waals surface area contributed by atoms with Crippen molar-refractivity contribution in [2.45, 2.75) is 12.5 Å². The van der Waals surface area contributed by atoms with Crippen LogP contribution in [-0.4, -0.2) is 54.4 Å². The van der Waals surface area contributed by atoms with Gasteiger partial charge in [-0.2, -0.15) is 0 Å². The molecule has 0 saturated carbocycles. The van der Waals surface area contributed by atoms with Crippen LogP contribution >= 0.6 is 0 Å². The number of phenolic OH excluding ortho intramolecular Hbond substituents is 1. The van der Waals surface area contributed by atoms with Gasteiger partial charge in [-0.15, -0.1) is 0 Å². The molecular formula is C13H19NO4. The normalized spacial score (nSPS) is 12.2. The van der Waals surface area contributed by atoms with Gasteiger partial charge in [0.2, 0.25) is 5.91 Å². The lowest BCUT2D eigenvalue weighted by molar-refractivity contribution is -0.130. The molecule has 18 heavy (non-hydrogen) atoms. The Labute approximate surface area is 107 Å². The van der Waals surface area contributed by atoms with Crippen LogP contribution in [0.4, 0.5) is 0 Å². The number of methoxy groups -OCH3 is 1. The SMILES string of the molecule is COCC(O)CN(C)C(=O)Cc1ccc(O)cc1. The second-order valence-electron chi connectivity index (χ2n) is 4.23. The molecule has 1 amide bonds. The third kappa shape index (κ3) is 4.73. The van der Waals surface area contributed by atoms with Gasteiger partial charge in [0, 0.05) is 20.7 Å². The van der Waals surface area contributed by atoms with E-state index in [1.165, 1.54) is 12.0 Å². The fourth-order valence-electron chi connectivity index (χ4n) is 1.59. The summed E-state index contributed by atoms with van der Waals surface area (Å²) in [4.78, 5) is 13.3. The summed E-state index contributed by atoms with van der Waals surface area (Å²) >= 11 is 0. The maximum atomic E-state index is 11.8. The number of ether oxygens (including phenoxy) is 1. The van der Waals surface area contributed by atoms with Gasteiger partial charge in [0.1, 0.15) is 5.75 Å². The molecular weight excluding hydrogens is 234 g/mol. The van der Waals surface area contributed by atoms with Gasteiger partial charge < -0.3 is 19.8 Å². The molecule has 2 N–H and O–H groups in total. The number of rotatable bonds is 6. The molecule has 1 aromatic carbocycles. The highest BCUT2D eigenvalue weighted by Crippen LogP contribution is 2.10. The van der Waals surface area contributed by atoms with Gasteiger partial charge in [0.25, 0.3) is 0 Å². The number of hydrogen-bond acceptors (Lipinski definition) is 4. The van der Waals surface area contributed by atoms with E-state index in [0.717, 1.165) is 5.56 Å². The summed E-state index contributed by atoms with van der Waals surface area (Å²) < 4.78 is 4.80. The Bertz CT molecular complexity index is 377. The van der Waals surface area contributed by atoms with Crippen LogP contribution in [0.2, 0.25) is 0 Å². The Morgan fingerprint density at radius 1 is 1.39 bits per heavy atom. The number of aromatic hydroxyl groups is 1. The molecule has 1 unspecified atom stereocenters. The number of aliphatic hydroxyl groups is 1. The number of carbonyl (C=O) groups is 1. The molecule has 5 heteroatoms. The van der Waals surface area contributed by atoms with Crippen LogP contribution in [0, 0.1) is 0 Å². The van der Waals surface area contributed by atoms with Crippen LogP contribution in [0.5, 0.6) is 5.75 Å². The lowest BCUT2D eigenvalue weighted by Gasteiger charge is -2.20. The Morgan fingerprint density at radius 3 is 2.56 bits per heavy atom. The minimum Gasteiger partial charge on any atom is -0.508 e. The van der Waals surface area contributed by atoms with Crippen molar-refractivity contribution in [1.82, 2.24) is 4.90 Å². The second-order valence-corrected chi connectivity index (χ2v) is 4.23. The Morgan fingerprint density at radius 2 is 2.00 bits per heavy atom. The molecule has 0 bridgehead atoms. The quantitative estimate of drug-likeness (QED) is 0.770. The molecule has 100 valence electrons. The van der Waals surface area contributed by atoms with E-state index < -0.39 is 6.10 Å². The summed E-state index contributed by atoms with van der Waals surface area (Å²) in [6.07, 6.45) is -0.431. The topological polar surface area (TPSA) is 70.0 Å². The van der Waals surface area contributed by atoms with Gasteiger partial charge in [-0.3, -0.25) is 4.79 Å². The number of amides is 1. The van der Waals surface area contributed by atoms with E-state index in [1.54, 1.807) is 31.3 Å². The molecule has 0 spiro atoms. The van der Waals surface area contributed by atoms with E-state index in [9.17, 15) is 9.90 Å². The van der Waals surface area contributed by atoms with Crippen molar-refractivity contribution in [2.75, 3.05) is 27.3 Å². The standard InChI is InChI=1S/C13H19NO4/c1-14(8-12(16)9-18-2)13(17)7-10-3-5-11(15)6-4-10/h3-6,12,15-16H,7-9H2,1-2H3. The molecule has 0 aliphatic carbocycles. The van der Waals surface area contributed by atoms with E-state index >= 15 is 0 Å². The molecule has 5 nitrogen and oxygen atoms in total. The van der Waals surface area contributed by atoms with Crippen LogP contribution < -0.4 is 0 Å². The molecule has 0 fully saturated rings. The van der Waals surface area contributed by atoms with E-state index in [4.69, 9.17) is 9.84 Å². The predicted molar refractivity (Wildman–Crippen MR) is 67.3 cm³/mol. The smallest absolute Gasteiger partial charge is 0.226 e. The van der Waals surface area contributed by atoms with E-state index in [-0.39, 0.29) is 31.2 Å². The molecule has 0 aliphatic rings. The zero-order valence-electron chi connectivity index (χ0n) is 10.7. The monoisotopic (exact) mass is 253 g/mol. The molecule has 1 atom stereocenters. The predicted octanol–water partition coefficient (Wildman–Crippen LogP) is 0.400. The van der Waals surface area contributed by atoms with Crippen LogP contribution in [0.1, 0.15) is 5.56 Å². The fourth-order valence-corrected chi connectivity index (χ4v) is 1.59. The first kappa shape index (κ1) is 14.5. The Balaban J connectivity index is 2.46. The first-order chi connectivity index (χ1) is 8.52. The number of nitrogens with zero attached hydrogens (tertiary/aromatic N) is 1. The maximum absolute atomic E-state index is 11.8. The van der Waals surface area contributed by atoms with Crippen molar-refractivity contribution in [3.8, 4) is 5.75 Å². The lowest BCUT2D eigenvalue weighted by atomic mass is 10.1. The number of carbonyl (C=O) groups excluding carboxylic acids is 1. The van der Waals surface area contributed by atoms with Gasteiger partial charge in [-0.05, 0) is 17.7 Å². The zero-order chi connectivity index (χ0) is 13.5. The molecule has 1 rings (SSSR count).